The van der Waals surface area contributed by atoms with E-state index in [1.54, 1.807) is 11.2 Å². The fourth-order valence-electron chi connectivity index (χ4n) is 2.67. The maximum absolute atomic E-state index is 12.0. The van der Waals surface area contributed by atoms with Gasteiger partial charge in [-0.25, -0.2) is 9.78 Å². The summed E-state index contributed by atoms with van der Waals surface area (Å²) >= 11 is 0. The number of rotatable bonds is 4. The first-order valence-corrected chi connectivity index (χ1v) is 8.29. The van der Waals surface area contributed by atoms with Crippen LogP contribution in [0.25, 0.3) is 0 Å². The topological polar surface area (TPSA) is 72.6 Å². The Morgan fingerprint density at radius 2 is 2.00 bits per heavy atom. The van der Waals surface area contributed by atoms with Gasteiger partial charge in [0.05, 0.1) is 12.8 Å². The van der Waals surface area contributed by atoms with Gasteiger partial charge in [0.25, 0.3) is 0 Å². The van der Waals surface area contributed by atoms with Crippen LogP contribution in [0.5, 0.6) is 0 Å². The van der Waals surface area contributed by atoms with Crippen LogP contribution in [0.1, 0.15) is 45.2 Å². The number of oxazole rings is 1. The van der Waals surface area contributed by atoms with E-state index in [4.69, 9.17) is 4.42 Å². The summed E-state index contributed by atoms with van der Waals surface area (Å²) in [6, 6.07) is 0. The number of esters is 1. The van der Waals surface area contributed by atoms with E-state index in [9.17, 15) is 9.59 Å². The van der Waals surface area contributed by atoms with Crippen LogP contribution in [0.2, 0.25) is 0 Å². The van der Waals surface area contributed by atoms with Gasteiger partial charge in [0.15, 0.2) is 5.89 Å². The molecule has 0 atom stereocenters. The number of nitrogens with zero attached hydrogens (tertiary/aromatic N) is 2. The van der Waals surface area contributed by atoms with E-state index in [1.807, 2.05) is 0 Å². The molecular weight excluding hydrogens is 308 g/mol. The molecule has 1 amide bonds. The largest absolute Gasteiger partial charge is 0.466 e. The second-order valence-corrected chi connectivity index (χ2v) is 7.21. The molecule has 0 aliphatic carbocycles. The second kappa shape index (κ2) is 7.64. The van der Waals surface area contributed by atoms with Gasteiger partial charge in [-0.15, -0.1) is 0 Å². The number of likely N-dealkylation sites (tertiary alicyclic amines) is 1. The molecule has 6 nitrogen and oxygen atoms in total. The Kier molecular flexibility index (Phi) is 5.80. The average Bonchev–Trinajstić information content (AvgIpc) is 3.01. The summed E-state index contributed by atoms with van der Waals surface area (Å²) in [5.74, 6) is 0.571. The summed E-state index contributed by atoms with van der Waals surface area (Å²) in [5.41, 5.74) is 0.960. The summed E-state index contributed by atoms with van der Waals surface area (Å²) in [5, 5.41) is 0. The molecule has 0 radical (unpaired) electrons. The van der Waals surface area contributed by atoms with Crippen LogP contribution in [0.15, 0.2) is 22.8 Å². The highest BCUT2D eigenvalue weighted by atomic mass is 16.5. The Labute approximate surface area is 142 Å². The Morgan fingerprint density at radius 1 is 1.33 bits per heavy atom. The lowest BCUT2D eigenvalue weighted by Gasteiger charge is -2.30. The van der Waals surface area contributed by atoms with Crippen LogP contribution in [0, 0.1) is 5.92 Å². The van der Waals surface area contributed by atoms with Crippen molar-refractivity contribution in [3.05, 3.63) is 30.0 Å². The normalized spacial score (nSPS) is 16.6. The summed E-state index contributed by atoms with van der Waals surface area (Å²) in [7, 11) is 1.29. The first kappa shape index (κ1) is 18.2. The van der Waals surface area contributed by atoms with Crippen molar-refractivity contribution in [1.82, 2.24) is 9.88 Å². The van der Waals surface area contributed by atoms with Gasteiger partial charge in [0, 0.05) is 37.1 Å². The number of amides is 1. The quantitative estimate of drug-likeness (QED) is 0.625. The molecule has 0 saturated carbocycles. The Balaban J connectivity index is 1.82. The highest BCUT2D eigenvalue weighted by Gasteiger charge is 2.24. The molecule has 1 aromatic rings. The molecule has 132 valence electrons. The summed E-state index contributed by atoms with van der Waals surface area (Å²) in [6.45, 7) is 7.70. The van der Waals surface area contributed by atoms with Gasteiger partial charge in [-0.05, 0) is 18.8 Å². The number of hydrogen-bond donors (Lipinski definition) is 0. The zero-order chi connectivity index (χ0) is 17.7. The van der Waals surface area contributed by atoms with E-state index in [2.05, 4.69) is 30.5 Å². The predicted octanol–water partition coefficient (Wildman–Crippen LogP) is 2.48. The van der Waals surface area contributed by atoms with Crippen LogP contribution in [0.4, 0.5) is 0 Å². The van der Waals surface area contributed by atoms with Gasteiger partial charge in [0.1, 0.15) is 6.26 Å². The monoisotopic (exact) mass is 334 g/mol. The average molecular weight is 334 g/mol. The van der Waals surface area contributed by atoms with Crippen LogP contribution in [-0.4, -0.2) is 42.0 Å². The summed E-state index contributed by atoms with van der Waals surface area (Å²) in [6.07, 6.45) is 6.79. The first-order chi connectivity index (χ1) is 11.3. The van der Waals surface area contributed by atoms with E-state index >= 15 is 0 Å². The van der Waals surface area contributed by atoms with Gasteiger partial charge in [-0.1, -0.05) is 20.8 Å². The SMILES string of the molecule is COC(=O)/C=C/C(=O)N1CCC(Cc2nc(C(C)(C)C)co2)CC1. The molecule has 1 saturated heterocycles. The van der Waals surface area contributed by atoms with E-state index in [1.165, 1.54) is 13.2 Å². The van der Waals surface area contributed by atoms with E-state index < -0.39 is 5.97 Å². The molecule has 6 heteroatoms. The maximum Gasteiger partial charge on any atom is 0.330 e. The molecule has 0 spiro atoms. The molecule has 0 N–H and O–H groups in total. The lowest BCUT2D eigenvalue weighted by molar-refractivity contribution is -0.135. The molecule has 0 bridgehead atoms. The first-order valence-electron chi connectivity index (χ1n) is 8.29. The number of piperidine rings is 1. The molecule has 1 aliphatic heterocycles. The van der Waals surface area contributed by atoms with Crippen LogP contribution < -0.4 is 0 Å². The highest BCUT2D eigenvalue weighted by Crippen LogP contribution is 2.25. The van der Waals surface area contributed by atoms with E-state index in [0.29, 0.717) is 19.0 Å². The second-order valence-electron chi connectivity index (χ2n) is 7.21. The molecular formula is C18H26N2O4. The Hall–Kier alpha value is -2.11. The van der Waals surface area contributed by atoms with Crippen molar-refractivity contribution in [2.75, 3.05) is 20.2 Å². The third-order valence-corrected chi connectivity index (χ3v) is 4.27. The number of aromatic nitrogens is 1. The van der Waals surface area contributed by atoms with Gasteiger partial charge in [-0.3, -0.25) is 4.79 Å². The number of ether oxygens (including phenoxy) is 1. The van der Waals surface area contributed by atoms with Crippen molar-refractivity contribution in [2.24, 2.45) is 5.92 Å². The molecule has 24 heavy (non-hydrogen) atoms. The Morgan fingerprint density at radius 3 is 2.54 bits per heavy atom. The number of methoxy groups -OCH3 is 1. The highest BCUT2D eigenvalue weighted by molar-refractivity contribution is 5.94. The molecule has 1 aromatic heterocycles. The lowest BCUT2D eigenvalue weighted by Crippen LogP contribution is -2.38. The minimum absolute atomic E-state index is 0.0104. The van der Waals surface area contributed by atoms with Crippen molar-refractivity contribution in [1.29, 1.82) is 0 Å². The fraction of sp³-hybridized carbons (Fsp3) is 0.611. The number of hydrogen-bond acceptors (Lipinski definition) is 5. The zero-order valence-electron chi connectivity index (χ0n) is 14.9. The number of carbonyl (C=O) groups excluding carboxylic acids is 2. The van der Waals surface area contributed by atoms with Crippen molar-refractivity contribution >= 4 is 11.9 Å². The van der Waals surface area contributed by atoms with Crippen molar-refractivity contribution in [3.63, 3.8) is 0 Å². The van der Waals surface area contributed by atoms with Gasteiger partial charge < -0.3 is 14.1 Å². The van der Waals surface area contributed by atoms with Gasteiger partial charge >= 0.3 is 5.97 Å². The standard InChI is InChI=1S/C18H26N2O4/c1-18(2,3)14-12-24-15(19-14)11-13-7-9-20(10-8-13)16(21)5-6-17(22)23-4/h5-6,12-13H,7-11H2,1-4H3/b6-5+. The third kappa shape index (κ3) is 4.94. The van der Waals surface area contributed by atoms with E-state index in [0.717, 1.165) is 36.9 Å². The zero-order valence-corrected chi connectivity index (χ0v) is 14.9. The summed E-state index contributed by atoms with van der Waals surface area (Å²) < 4.78 is 10.1. The molecule has 2 heterocycles. The maximum atomic E-state index is 12.0. The van der Waals surface area contributed by atoms with Crippen LogP contribution in [0.3, 0.4) is 0 Å². The molecule has 1 fully saturated rings. The smallest absolute Gasteiger partial charge is 0.330 e. The Bertz CT molecular complexity index is 605. The lowest BCUT2D eigenvalue weighted by atomic mass is 9.92. The summed E-state index contributed by atoms with van der Waals surface area (Å²) in [4.78, 5) is 29.4. The number of carbonyl (C=O) groups is 2. The molecule has 0 aromatic carbocycles. The van der Waals surface area contributed by atoms with Crippen molar-refractivity contribution < 1.29 is 18.7 Å². The molecule has 0 unspecified atom stereocenters. The van der Waals surface area contributed by atoms with E-state index in [-0.39, 0.29) is 11.3 Å². The fourth-order valence-corrected chi connectivity index (χ4v) is 2.67. The minimum Gasteiger partial charge on any atom is -0.466 e. The van der Waals surface area contributed by atoms with Gasteiger partial charge in [-0.2, -0.15) is 0 Å². The van der Waals surface area contributed by atoms with Gasteiger partial charge in [0.2, 0.25) is 5.91 Å². The predicted molar refractivity (Wildman–Crippen MR) is 89.4 cm³/mol. The minimum atomic E-state index is -0.517. The molecule has 2 rings (SSSR count). The van der Waals surface area contributed by atoms with Crippen molar-refractivity contribution in [3.8, 4) is 0 Å². The third-order valence-electron chi connectivity index (χ3n) is 4.27. The molecule has 1 aliphatic rings. The van der Waals surface area contributed by atoms with Crippen molar-refractivity contribution in [2.45, 2.75) is 45.4 Å². The van der Waals surface area contributed by atoms with Crippen LogP contribution >= 0.6 is 0 Å². The van der Waals surface area contributed by atoms with Crippen LogP contribution in [-0.2, 0) is 26.2 Å².